The molecule has 0 fully saturated rings. The average molecular weight is 366 g/mol. The van der Waals surface area contributed by atoms with E-state index in [9.17, 15) is 4.79 Å². The molecule has 0 bridgehead atoms. The van der Waals surface area contributed by atoms with Crippen molar-refractivity contribution >= 4 is 24.8 Å². The molecule has 2 aromatic rings. The molecule has 130 valence electrons. The molecule has 0 saturated heterocycles. The highest BCUT2D eigenvalue weighted by Crippen LogP contribution is 2.37. The molecular weight excluding hydrogens is 341 g/mol. The summed E-state index contributed by atoms with van der Waals surface area (Å²) in [6.07, 6.45) is 9.23. The van der Waals surface area contributed by atoms with Crippen LogP contribution < -0.4 is 5.69 Å². The molecule has 3 rings (SSSR count). The summed E-state index contributed by atoms with van der Waals surface area (Å²) in [6.45, 7) is 6.09. The average Bonchev–Trinajstić information content (AvgIpc) is 2.83. The monoisotopic (exact) mass is 365 g/mol. The van der Waals surface area contributed by atoms with Gasteiger partial charge in [-0.25, -0.2) is 4.79 Å². The standard InChI is InChI=1S/C18H25ClN3OP/c1-13-11-15(19)14(8-10-24(2,3)4)12-16(13)22-18(23)21-9-6-5-7-17(21)20-22/h11-12H,2,5-10H2,1,3-4H3. The number of halogens is 1. The van der Waals surface area contributed by atoms with E-state index in [2.05, 4.69) is 24.7 Å². The van der Waals surface area contributed by atoms with Crippen LogP contribution in [0.25, 0.3) is 5.69 Å². The van der Waals surface area contributed by atoms with Crippen LogP contribution in [-0.2, 0) is 19.4 Å². The van der Waals surface area contributed by atoms with Gasteiger partial charge in [-0.3, -0.25) is 4.57 Å². The van der Waals surface area contributed by atoms with E-state index < -0.39 is 6.89 Å². The lowest BCUT2D eigenvalue weighted by molar-refractivity contribution is 0.512. The molecule has 1 aromatic carbocycles. The van der Waals surface area contributed by atoms with Crippen LogP contribution in [0.2, 0.25) is 5.02 Å². The maximum Gasteiger partial charge on any atom is 0.350 e. The second-order valence-electron chi connectivity index (χ2n) is 7.36. The van der Waals surface area contributed by atoms with Crippen LogP contribution in [0.3, 0.4) is 0 Å². The van der Waals surface area contributed by atoms with Crippen LogP contribution in [0.4, 0.5) is 0 Å². The quantitative estimate of drug-likeness (QED) is 0.777. The highest BCUT2D eigenvalue weighted by atomic mass is 35.5. The van der Waals surface area contributed by atoms with E-state index in [0.717, 1.165) is 66.1 Å². The minimum absolute atomic E-state index is 0.0361. The van der Waals surface area contributed by atoms with Gasteiger partial charge in [0.2, 0.25) is 0 Å². The van der Waals surface area contributed by atoms with E-state index in [1.54, 1.807) is 4.68 Å². The van der Waals surface area contributed by atoms with Crippen LogP contribution in [0.15, 0.2) is 16.9 Å². The van der Waals surface area contributed by atoms with Gasteiger partial charge in [0.05, 0.1) is 5.69 Å². The molecule has 0 radical (unpaired) electrons. The van der Waals surface area contributed by atoms with E-state index in [1.165, 1.54) is 0 Å². The second-order valence-corrected chi connectivity index (χ2v) is 12.1. The maximum atomic E-state index is 12.7. The predicted octanol–water partition coefficient (Wildman–Crippen LogP) is 3.58. The van der Waals surface area contributed by atoms with Gasteiger partial charge in [0.1, 0.15) is 5.82 Å². The molecule has 0 saturated carbocycles. The summed E-state index contributed by atoms with van der Waals surface area (Å²) >= 11 is 6.44. The molecule has 1 aromatic heterocycles. The van der Waals surface area contributed by atoms with Gasteiger partial charge >= 0.3 is 5.69 Å². The summed E-state index contributed by atoms with van der Waals surface area (Å²) in [6, 6.07) is 3.99. The van der Waals surface area contributed by atoms with Crippen molar-refractivity contribution in [2.45, 2.75) is 39.2 Å². The number of aromatic nitrogens is 3. The first kappa shape index (κ1) is 17.6. The van der Waals surface area contributed by atoms with Gasteiger partial charge in [0.25, 0.3) is 0 Å². The Kier molecular flexibility index (Phi) is 4.81. The molecule has 0 N–H and O–H groups in total. The topological polar surface area (TPSA) is 39.8 Å². The second kappa shape index (κ2) is 6.57. The molecule has 1 aliphatic heterocycles. The van der Waals surface area contributed by atoms with Crippen LogP contribution in [0.5, 0.6) is 0 Å². The summed E-state index contributed by atoms with van der Waals surface area (Å²) in [7, 11) is 0. The Balaban J connectivity index is 2.04. The Morgan fingerprint density at radius 1 is 1.33 bits per heavy atom. The first-order chi connectivity index (χ1) is 11.3. The van der Waals surface area contributed by atoms with Gasteiger partial charge in [0, 0.05) is 18.0 Å². The summed E-state index contributed by atoms with van der Waals surface area (Å²) < 4.78 is 3.36. The Hall–Kier alpha value is -1.25. The highest BCUT2D eigenvalue weighted by Gasteiger charge is 2.19. The summed E-state index contributed by atoms with van der Waals surface area (Å²) in [5, 5.41) is 5.35. The zero-order valence-electron chi connectivity index (χ0n) is 14.7. The lowest BCUT2D eigenvalue weighted by atomic mass is 10.1. The smallest absolute Gasteiger partial charge is 0.279 e. The summed E-state index contributed by atoms with van der Waals surface area (Å²) in [5.41, 5.74) is 2.87. The number of hydrogen-bond donors (Lipinski definition) is 0. The number of fused-ring (bicyclic) bond motifs is 1. The van der Waals surface area contributed by atoms with E-state index in [-0.39, 0.29) is 5.69 Å². The molecule has 0 spiro atoms. The van der Waals surface area contributed by atoms with Crippen molar-refractivity contribution in [3.8, 4) is 5.69 Å². The van der Waals surface area contributed by atoms with Crippen molar-refractivity contribution in [2.24, 2.45) is 0 Å². The Morgan fingerprint density at radius 3 is 2.75 bits per heavy atom. The zero-order valence-corrected chi connectivity index (χ0v) is 16.3. The van der Waals surface area contributed by atoms with Crippen molar-refractivity contribution < 1.29 is 0 Å². The van der Waals surface area contributed by atoms with E-state index in [1.807, 2.05) is 23.6 Å². The van der Waals surface area contributed by atoms with Crippen molar-refractivity contribution in [1.29, 1.82) is 0 Å². The van der Waals surface area contributed by atoms with Gasteiger partial charge in [0.15, 0.2) is 0 Å². The van der Waals surface area contributed by atoms with Crippen molar-refractivity contribution in [3.05, 3.63) is 44.6 Å². The SMILES string of the molecule is C=P(C)(C)CCc1cc(-n2nc3n(c2=O)CCCC3)c(C)cc1Cl. The molecule has 6 heteroatoms. The molecule has 0 atom stereocenters. The van der Waals surface area contributed by atoms with Crippen molar-refractivity contribution in [3.63, 3.8) is 0 Å². The third-order valence-corrected chi connectivity index (χ3v) is 6.34. The van der Waals surface area contributed by atoms with Gasteiger partial charge in [-0.2, -0.15) is 4.68 Å². The van der Waals surface area contributed by atoms with E-state index in [4.69, 9.17) is 11.6 Å². The normalized spacial score (nSPS) is 14.7. The van der Waals surface area contributed by atoms with Gasteiger partial charge < -0.3 is 0 Å². The highest BCUT2D eigenvalue weighted by molar-refractivity contribution is 7.72. The van der Waals surface area contributed by atoms with Crippen LogP contribution in [0.1, 0.15) is 29.8 Å². The summed E-state index contributed by atoms with van der Waals surface area (Å²) in [4.78, 5) is 12.7. The molecule has 0 amide bonds. The fourth-order valence-corrected chi connectivity index (χ4v) is 4.26. The molecule has 2 heterocycles. The number of nitrogens with zero attached hydrogens (tertiary/aromatic N) is 3. The van der Waals surface area contributed by atoms with Crippen LogP contribution >= 0.6 is 18.5 Å². The lowest BCUT2D eigenvalue weighted by Crippen LogP contribution is -2.26. The number of hydrogen-bond acceptors (Lipinski definition) is 2. The molecule has 0 aliphatic carbocycles. The zero-order chi connectivity index (χ0) is 17.5. The fraction of sp³-hybridized carbons (Fsp3) is 0.500. The molecule has 1 aliphatic rings. The molecule has 0 unspecified atom stereocenters. The van der Waals surface area contributed by atoms with Crippen molar-refractivity contribution in [1.82, 2.24) is 14.3 Å². The van der Waals surface area contributed by atoms with Gasteiger partial charge in [-0.15, -0.1) is 18.3 Å². The Bertz CT molecular complexity index is 875. The first-order valence-corrected chi connectivity index (χ1v) is 11.8. The van der Waals surface area contributed by atoms with Gasteiger partial charge in [-0.1, -0.05) is 11.6 Å². The number of benzene rings is 1. The van der Waals surface area contributed by atoms with Crippen molar-refractivity contribution in [2.75, 3.05) is 19.5 Å². The summed E-state index contributed by atoms with van der Waals surface area (Å²) in [5.74, 6) is 0.895. The van der Waals surface area contributed by atoms with Gasteiger partial charge in [-0.05, 0) is 68.9 Å². The molecule has 24 heavy (non-hydrogen) atoms. The maximum absolute atomic E-state index is 12.7. The van der Waals surface area contributed by atoms with E-state index >= 15 is 0 Å². The first-order valence-electron chi connectivity index (χ1n) is 8.42. The number of aryl methyl sites for hydroxylation is 3. The lowest BCUT2D eigenvalue weighted by Gasteiger charge is -2.15. The minimum atomic E-state index is -1.11. The molecular formula is C18H25ClN3OP. The van der Waals surface area contributed by atoms with Crippen LogP contribution in [-0.4, -0.2) is 40.1 Å². The largest absolute Gasteiger partial charge is 0.350 e. The minimum Gasteiger partial charge on any atom is -0.279 e. The fourth-order valence-electron chi connectivity index (χ4n) is 3.10. The third-order valence-electron chi connectivity index (χ3n) is 4.55. The van der Waals surface area contributed by atoms with E-state index in [0.29, 0.717) is 0 Å². The molecule has 4 nitrogen and oxygen atoms in total. The predicted molar refractivity (Wildman–Crippen MR) is 105 cm³/mol. The number of rotatable bonds is 4. The van der Waals surface area contributed by atoms with Crippen LogP contribution in [0, 0.1) is 6.92 Å². The Morgan fingerprint density at radius 2 is 2.08 bits per heavy atom. The Labute approximate surface area is 148 Å². The third kappa shape index (κ3) is 3.55.